The lowest BCUT2D eigenvalue weighted by atomic mass is 10.2. The molecule has 0 bridgehead atoms. The van der Waals surface area contributed by atoms with Crippen molar-refractivity contribution in [2.24, 2.45) is 5.10 Å². The number of para-hydroxylation sites is 2. The molecule has 1 aromatic rings. The standard InChI is InChI=1S/C17H24N4O3/c1-4-5-10-16(23)21-20-12(2)11-17(24)19-15-9-7-6-8-14(15)18-13(3)22/h6-9H,4-5,10-11H2,1-3H3,(H,18,22)(H,19,24)(H,21,23). The number of benzene rings is 1. The molecule has 0 aliphatic heterocycles. The molecule has 7 nitrogen and oxygen atoms in total. The van der Waals surface area contributed by atoms with Crippen LogP contribution >= 0.6 is 0 Å². The van der Waals surface area contributed by atoms with Crippen LogP contribution in [0.25, 0.3) is 0 Å². The van der Waals surface area contributed by atoms with Crippen molar-refractivity contribution >= 4 is 34.8 Å². The highest BCUT2D eigenvalue weighted by atomic mass is 16.2. The summed E-state index contributed by atoms with van der Waals surface area (Å²) in [6.45, 7) is 5.07. The third-order valence-corrected chi connectivity index (χ3v) is 3.06. The van der Waals surface area contributed by atoms with E-state index in [0.29, 0.717) is 23.5 Å². The highest BCUT2D eigenvalue weighted by Gasteiger charge is 2.09. The van der Waals surface area contributed by atoms with Gasteiger partial charge in [0.05, 0.1) is 17.8 Å². The lowest BCUT2D eigenvalue weighted by Crippen LogP contribution is -2.21. The third-order valence-electron chi connectivity index (χ3n) is 3.06. The van der Waals surface area contributed by atoms with Gasteiger partial charge in [-0.2, -0.15) is 5.10 Å². The number of nitrogens with one attached hydrogen (secondary N) is 3. The lowest BCUT2D eigenvalue weighted by Gasteiger charge is -2.11. The number of nitrogens with zero attached hydrogens (tertiary/aromatic N) is 1. The number of rotatable bonds is 8. The van der Waals surface area contributed by atoms with Gasteiger partial charge in [-0.05, 0) is 25.5 Å². The number of hydrazone groups is 1. The summed E-state index contributed by atoms with van der Waals surface area (Å²) in [6.07, 6.45) is 2.21. The maximum absolute atomic E-state index is 12.1. The summed E-state index contributed by atoms with van der Waals surface area (Å²) in [7, 11) is 0. The number of unbranched alkanes of at least 4 members (excludes halogenated alkanes) is 1. The molecule has 0 spiro atoms. The molecule has 1 rings (SSSR count). The average Bonchev–Trinajstić information content (AvgIpc) is 2.52. The Labute approximate surface area is 141 Å². The van der Waals surface area contributed by atoms with Crippen molar-refractivity contribution in [3.05, 3.63) is 24.3 Å². The summed E-state index contributed by atoms with van der Waals surface area (Å²) < 4.78 is 0. The van der Waals surface area contributed by atoms with E-state index in [4.69, 9.17) is 0 Å². The number of hydrogen-bond acceptors (Lipinski definition) is 4. The molecule has 0 unspecified atom stereocenters. The first kappa shape index (κ1) is 19.3. The number of anilines is 2. The van der Waals surface area contributed by atoms with E-state index in [9.17, 15) is 14.4 Å². The van der Waals surface area contributed by atoms with Crippen LogP contribution < -0.4 is 16.1 Å². The van der Waals surface area contributed by atoms with Crippen molar-refractivity contribution in [3.63, 3.8) is 0 Å². The van der Waals surface area contributed by atoms with Crippen LogP contribution in [0.4, 0.5) is 11.4 Å². The van der Waals surface area contributed by atoms with Crippen LogP contribution in [-0.2, 0) is 14.4 Å². The molecule has 0 saturated carbocycles. The summed E-state index contributed by atoms with van der Waals surface area (Å²) in [6, 6.07) is 6.92. The van der Waals surface area contributed by atoms with Crippen molar-refractivity contribution in [2.45, 2.75) is 46.5 Å². The van der Waals surface area contributed by atoms with Crippen molar-refractivity contribution in [1.82, 2.24) is 5.43 Å². The highest BCUT2D eigenvalue weighted by Crippen LogP contribution is 2.20. The molecule has 1 aromatic carbocycles. The summed E-state index contributed by atoms with van der Waals surface area (Å²) in [5.74, 6) is -0.659. The molecule has 3 N–H and O–H groups in total. The lowest BCUT2D eigenvalue weighted by molar-refractivity contribution is -0.121. The Morgan fingerprint density at radius 1 is 1.00 bits per heavy atom. The van der Waals surface area contributed by atoms with E-state index in [1.807, 2.05) is 6.92 Å². The predicted molar refractivity (Wildman–Crippen MR) is 94.8 cm³/mol. The largest absolute Gasteiger partial charge is 0.325 e. The predicted octanol–water partition coefficient (Wildman–Crippen LogP) is 2.66. The highest BCUT2D eigenvalue weighted by molar-refractivity contribution is 6.07. The summed E-state index contributed by atoms with van der Waals surface area (Å²) in [4.78, 5) is 34.7. The number of hydrogen-bond donors (Lipinski definition) is 3. The third kappa shape index (κ3) is 7.53. The first-order valence-electron chi connectivity index (χ1n) is 7.90. The Hall–Kier alpha value is -2.70. The van der Waals surface area contributed by atoms with E-state index in [2.05, 4.69) is 21.2 Å². The second-order valence-corrected chi connectivity index (χ2v) is 5.44. The summed E-state index contributed by atoms with van der Waals surface area (Å²) >= 11 is 0. The van der Waals surface area contributed by atoms with Gasteiger partial charge in [0.25, 0.3) is 0 Å². The Kier molecular flexibility index (Phi) is 8.18. The zero-order chi connectivity index (χ0) is 17.9. The number of amides is 3. The Morgan fingerprint density at radius 2 is 1.62 bits per heavy atom. The molecule has 24 heavy (non-hydrogen) atoms. The van der Waals surface area contributed by atoms with Gasteiger partial charge in [-0.15, -0.1) is 0 Å². The second-order valence-electron chi connectivity index (χ2n) is 5.44. The summed E-state index contributed by atoms with van der Waals surface area (Å²) in [5, 5.41) is 9.29. The van der Waals surface area contributed by atoms with E-state index in [0.717, 1.165) is 12.8 Å². The van der Waals surface area contributed by atoms with Gasteiger partial charge >= 0.3 is 0 Å². The SMILES string of the molecule is CCCCC(=O)NN=C(C)CC(=O)Nc1ccccc1NC(C)=O. The monoisotopic (exact) mass is 332 g/mol. The Morgan fingerprint density at radius 3 is 2.21 bits per heavy atom. The Balaban J connectivity index is 2.57. The summed E-state index contributed by atoms with van der Waals surface area (Å²) in [5.41, 5.74) is 3.97. The van der Waals surface area contributed by atoms with E-state index in [1.165, 1.54) is 6.92 Å². The number of carbonyl (C=O) groups excluding carboxylic acids is 3. The van der Waals surface area contributed by atoms with Gasteiger partial charge < -0.3 is 10.6 Å². The minimum absolute atomic E-state index is 0.0441. The molecule has 7 heteroatoms. The zero-order valence-electron chi connectivity index (χ0n) is 14.3. The molecule has 0 saturated heterocycles. The van der Waals surface area contributed by atoms with Gasteiger partial charge in [0.2, 0.25) is 17.7 Å². The fourth-order valence-corrected chi connectivity index (χ4v) is 1.91. The average molecular weight is 332 g/mol. The topological polar surface area (TPSA) is 99.7 Å². The molecule has 130 valence electrons. The van der Waals surface area contributed by atoms with Gasteiger partial charge in [0.1, 0.15) is 0 Å². The van der Waals surface area contributed by atoms with Crippen molar-refractivity contribution in [3.8, 4) is 0 Å². The molecule has 0 aliphatic rings. The van der Waals surface area contributed by atoms with Crippen LogP contribution in [0.2, 0.25) is 0 Å². The molecule has 0 heterocycles. The van der Waals surface area contributed by atoms with Crippen molar-refractivity contribution in [1.29, 1.82) is 0 Å². The minimum Gasteiger partial charge on any atom is -0.325 e. The second kappa shape index (κ2) is 10.1. The molecule has 0 aromatic heterocycles. The van der Waals surface area contributed by atoms with Crippen LogP contribution in [-0.4, -0.2) is 23.4 Å². The van der Waals surface area contributed by atoms with E-state index in [1.54, 1.807) is 31.2 Å². The molecule has 0 aliphatic carbocycles. The minimum atomic E-state index is -0.281. The zero-order valence-corrected chi connectivity index (χ0v) is 14.3. The van der Waals surface area contributed by atoms with E-state index < -0.39 is 0 Å². The quantitative estimate of drug-likeness (QED) is 0.504. The van der Waals surface area contributed by atoms with Crippen LogP contribution in [0, 0.1) is 0 Å². The van der Waals surface area contributed by atoms with Gasteiger partial charge in [-0.3, -0.25) is 14.4 Å². The van der Waals surface area contributed by atoms with Gasteiger partial charge in [0, 0.05) is 19.1 Å². The first-order valence-corrected chi connectivity index (χ1v) is 7.90. The fourth-order valence-electron chi connectivity index (χ4n) is 1.91. The fraction of sp³-hybridized carbons (Fsp3) is 0.412. The van der Waals surface area contributed by atoms with E-state index >= 15 is 0 Å². The van der Waals surface area contributed by atoms with E-state index in [-0.39, 0.29) is 24.1 Å². The van der Waals surface area contributed by atoms with Gasteiger partial charge in [0.15, 0.2) is 0 Å². The number of carbonyl (C=O) groups is 3. The Bertz CT molecular complexity index is 626. The molecular weight excluding hydrogens is 308 g/mol. The molecule has 0 atom stereocenters. The molecule has 0 radical (unpaired) electrons. The maximum atomic E-state index is 12.1. The van der Waals surface area contributed by atoms with Crippen LogP contribution in [0.15, 0.2) is 29.4 Å². The van der Waals surface area contributed by atoms with Gasteiger partial charge in [-0.25, -0.2) is 5.43 Å². The first-order chi connectivity index (χ1) is 11.4. The van der Waals surface area contributed by atoms with Crippen molar-refractivity contribution in [2.75, 3.05) is 10.6 Å². The van der Waals surface area contributed by atoms with Crippen LogP contribution in [0.5, 0.6) is 0 Å². The van der Waals surface area contributed by atoms with Crippen LogP contribution in [0.3, 0.4) is 0 Å². The normalized spacial score (nSPS) is 10.9. The molecule has 3 amide bonds. The maximum Gasteiger partial charge on any atom is 0.240 e. The van der Waals surface area contributed by atoms with Crippen molar-refractivity contribution < 1.29 is 14.4 Å². The molecular formula is C17H24N4O3. The van der Waals surface area contributed by atoms with Crippen LogP contribution in [0.1, 0.15) is 46.5 Å². The smallest absolute Gasteiger partial charge is 0.240 e. The molecule has 0 fully saturated rings. The van der Waals surface area contributed by atoms with Gasteiger partial charge in [-0.1, -0.05) is 25.5 Å².